The van der Waals surface area contributed by atoms with Gasteiger partial charge in [0.15, 0.2) is 0 Å². The van der Waals surface area contributed by atoms with Crippen molar-refractivity contribution in [2.24, 2.45) is 11.7 Å². The molecule has 21 heavy (non-hydrogen) atoms. The number of carbonyl (C=O) groups excluding carboxylic acids is 1. The Morgan fingerprint density at radius 3 is 2.67 bits per heavy atom. The van der Waals surface area contributed by atoms with Gasteiger partial charge in [0.05, 0.1) is 11.9 Å². The summed E-state index contributed by atoms with van der Waals surface area (Å²) >= 11 is 0. The van der Waals surface area contributed by atoms with Crippen LogP contribution in [-0.2, 0) is 4.79 Å². The summed E-state index contributed by atoms with van der Waals surface area (Å²) in [6.45, 7) is 2.16. The van der Waals surface area contributed by atoms with E-state index >= 15 is 0 Å². The number of rotatable bonds is 3. The summed E-state index contributed by atoms with van der Waals surface area (Å²) in [6, 6.07) is 4.13. The lowest BCUT2D eigenvalue weighted by Crippen LogP contribution is -2.30. The summed E-state index contributed by atoms with van der Waals surface area (Å²) in [5, 5.41) is 2.96. The fourth-order valence-corrected chi connectivity index (χ4v) is 3.27. The summed E-state index contributed by atoms with van der Waals surface area (Å²) in [5.41, 5.74) is 6.64. The van der Waals surface area contributed by atoms with Gasteiger partial charge in [0.2, 0.25) is 5.91 Å². The van der Waals surface area contributed by atoms with Crippen molar-refractivity contribution in [3.05, 3.63) is 18.3 Å². The highest BCUT2D eigenvalue weighted by atomic mass is 16.1. The summed E-state index contributed by atoms with van der Waals surface area (Å²) < 4.78 is 0. The molecule has 114 valence electrons. The lowest BCUT2D eigenvalue weighted by molar-refractivity contribution is -0.119. The third-order valence-corrected chi connectivity index (χ3v) is 4.54. The van der Waals surface area contributed by atoms with Crippen LogP contribution in [0.25, 0.3) is 0 Å². The van der Waals surface area contributed by atoms with Crippen LogP contribution in [0.5, 0.6) is 0 Å². The standard InChI is InChI=1S/C16H24N4O/c17-13-5-4-12(10-13)16(21)19-14-6-7-15(18-11-14)20-8-2-1-3-9-20/h6-7,11-13H,1-5,8-10,17H2,(H,19,21). The molecule has 5 heteroatoms. The van der Waals surface area contributed by atoms with E-state index in [1.165, 1.54) is 19.3 Å². The van der Waals surface area contributed by atoms with Crippen molar-refractivity contribution < 1.29 is 4.79 Å². The molecule has 2 unspecified atom stereocenters. The molecular formula is C16H24N4O. The molecule has 2 fully saturated rings. The fraction of sp³-hybridized carbons (Fsp3) is 0.625. The number of hydrogen-bond acceptors (Lipinski definition) is 4. The summed E-state index contributed by atoms with van der Waals surface area (Å²) in [6.07, 6.45) is 8.19. The number of nitrogens with one attached hydrogen (secondary N) is 1. The predicted octanol–water partition coefficient (Wildman–Crippen LogP) is 2.14. The summed E-state index contributed by atoms with van der Waals surface area (Å²) in [4.78, 5) is 18.9. The molecule has 0 spiro atoms. The van der Waals surface area contributed by atoms with Crippen molar-refractivity contribution in [3.8, 4) is 0 Å². The van der Waals surface area contributed by atoms with Gasteiger partial charge < -0.3 is 16.0 Å². The first-order chi connectivity index (χ1) is 10.2. The van der Waals surface area contributed by atoms with Crippen LogP contribution >= 0.6 is 0 Å². The maximum atomic E-state index is 12.1. The molecule has 1 aliphatic heterocycles. The monoisotopic (exact) mass is 288 g/mol. The third-order valence-electron chi connectivity index (χ3n) is 4.54. The van der Waals surface area contributed by atoms with Crippen LogP contribution in [0, 0.1) is 5.92 Å². The first kappa shape index (κ1) is 14.3. The Kier molecular flexibility index (Phi) is 4.39. The molecule has 1 aromatic rings. The maximum absolute atomic E-state index is 12.1. The Labute approximate surface area is 125 Å². The van der Waals surface area contributed by atoms with E-state index in [1.54, 1.807) is 6.20 Å². The Hall–Kier alpha value is -1.62. The molecule has 2 aliphatic rings. The minimum Gasteiger partial charge on any atom is -0.357 e. The largest absolute Gasteiger partial charge is 0.357 e. The van der Waals surface area contributed by atoms with Gasteiger partial charge in [0, 0.05) is 25.0 Å². The van der Waals surface area contributed by atoms with E-state index in [1.807, 2.05) is 12.1 Å². The molecule has 1 saturated carbocycles. The van der Waals surface area contributed by atoms with Crippen molar-refractivity contribution in [1.29, 1.82) is 0 Å². The minimum atomic E-state index is 0.0572. The van der Waals surface area contributed by atoms with E-state index in [9.17, 15) is 4.79 Å². The number of piperidine rings is 1. The van der Waals surface area contributed by atoms with Gasteiger partial charge in [-0.1, -0.05) is 0 Å². The summed E-state index contributed by atoms with van der Waals surface area (Å²) in [5.74, 6) is 1.15. The van der Waals surface area contributed by atoms with Gasteiger partial charge in [0.25, 0.3) is 0 Å². The Balaban J connectivity index is 1.57. The van der Waals surface area contributed by atoms with E-state index in [-0.39, 0.29) is 17.9 Å². The summed E-state index contributed by atoms with van der Waals surface area (Å²) in [7, 11) is 0. The topological polar surface area (TPSA) is 71.2 Å². The lowest BCUT2D eigenvalue weighted by Gasteiger charge is -2.27. The van der Waals surface area contributed by atoms with Crippen LogP contribution in [0.15, 0.2) is 18.3 Å². The molecule has 1 aliphatic carbocycles. The van der Waals surface area contributed by atoms with Gasteiger partial charge in [-0.15, -0.1) is 0 Å². The van der Waals surface area contributed by atoms with E-state index in [4.69, 9.17) is 5.73 Å². The third kappa shape index (κ3) is 3.53. The second-order valence-electron chi connectivity index (χ2n) is 6.21. The molecule has 1 saturated heterocycles. The van der Waals surface area contributed by atoms with Gasteiger partial charge in [-0.2, -0.15) is 0 Å². The highest BCUT2D eigenvalue weighted by molar-refractivity contribution is 5.92. The van der Waals surface area contributed by atoms with Crippen LogP contribution in [-0.4, -0.2) is 30.0 Å². The molecule has 1 aromatic heterocycles. The average molecular weight is 288 g/mol. The van der Waals surface area contributed by atoms with Crippen LogP contribution in [0.4, 0.5) is 11.5 Å². The Morgan fingerprint density at radius 2 is 2.05 bits per heavy atom. The van der Waals surface area contributed by atoms with Crippen molar-refractivity contribution >= 4 is 17.4 Å². The zero-order valence-electron chi connectivity index (χ0n) is 12.4. The molecule has 0 aromatic carbocycles. The number of hydrogen-bond donors (Lipinski definition) is 2. The average Bonchev–Trinajstić information content (AvgIpc) is 2.96. The van der Waals surface area contributed by atoms with E-state index in [2.05, 4.69) is 15.2 Å². The second kappa shape index (κ2) is 6.43. The Morgan fingerprint density at radius 1 is 1.24 bits per heavy atom. The second-order valence-corrected chi connectivity index (χ2v) is 6.21. The number of nitrogens with zero attached hydrogens (tertiary/aromatic N) is 2. The number of pyridine rings is 1. The highest BCUT2D eigenvalue weighted by Gasteiger charge is 2.27. The fourth-order valence-electron chi connectivity index (χ4n) is 3.27. The molecule has 2 atom stereocenters. The molecule has 1 amide bonds. The van der Waals surface area contributed by atoms with Crippen molar-refractivity contribution in [3.63, 3.8) is 0 Å². The number of nitrogens with two attached hydrogens (primary N) is 1. The zero-order valence-corrected chi connectivity index (χ0v) is 12.4. The van der Waals surface area contributed by atoms with Gasteiger partial charge in [-0.25, -0.2) is 4.98 Å². The van der Waals surface area contributed by atoms with Gasteiger partial charge in [0.1, 0.15) is 5.82 Å². The molecule has 2 heterocycles. The normalized spacial score (nSPS) is 25.9. The minimum absolute atomic E-state index is 0.0572. The van der Waals surface area contributed by atoms with Crippen molar-refractivity contribution in [2.45, 2.75) is 44.6 Å². The predicted molar refractivity (Wildman–Crippen MR) is 84.2 cm³/mol. The molecule has 0 radical (unpaired) electrons. The number of carbonyl (C=O) groups is 1. The van der Waals surface area contributed by atoms with Crippen LogP contribution in [0.3, 0.4) is 0 Å². The first-order valence-corrected chi connectivity index (χ1v) is 8.00. The lowest BCUT2D eigenvalue weighted by atomic mass is 10.1. The Bertz CT molecular complexity index is 482. The smallest absolute Gasteiger partial charge is 0.227 e. The first-order valence-electron chi connectivity index (χ1n) is 8.00. The van der Waals surface area contributed by atoms with E-state index < -0.39 is 0 Å². The highest BCUT2D eigenvalue weighted by Crippen LogP contribution is 2.26. The SMILES string of the molecule is NC1CCC(C(=O)Nc2ccc(N3CCCCC3)nc2)C1. The number of aromatic nitrogens is 1. The van der Waals surface area contributed by atoms with E-state index in [0.29, 0.717) is 0 Å². The van der Waals surface area contributed by atoms with Crippen molar-refractivity contribution in [2.75, 3.05) is 23.3 Å². The number of anilines is 2. The quantitative estimate of drug-likeness (QED) is 0.894. The maximum Gasteiger partial charge on any atom is 0.227 e. The van der Waals surface area contributed by atoms with Gasteiger partial charge in [-0.3, -0.25) is 4.79 Å². The molecular weight excluding hydrogens is 264 g/mol. The van der Waals surface area contributed by atoms with E-state index in [0.717, 1.165) is 43.9 Å². The molecule has 0 bridgehead atoms. The van der Waals surface area contributed by atoms with Crippen LogP contribution < -0.4 is 16.0 Å². The molecule has 3 N–H and O–H groups in total. The van der Waals surface area contributed by atoms with Gasteiger partial charge in [-0.05, 0) is 50.7 Å². The van der Waals surface area contributed by atoms with Crippen molar-refractivity contribution in [1.82, 2.24) is 4.98 Å². The van der Waals surface area contributed by atoms with Crippen LogP contribution in [0.2, 0.25) is 0 Å². The zero-order chi connectivity index (χ0) is 14.7. The number of amides is 1. The van der Waals surface area contributed by atoms with Gasteiger partial charge >= 0.3 is 0 Å². The molecule has 3 rings (SSSR count). The molecule has 5 nitrogen and oxygen atoms in total. The van der Waals surface area contributed by atoms with Crippen LogP contribution in [0.1, 0.15) is 38.5 Å².